The maximum Gasteiger partial charge on any atom is 0.328 e. The second-order valence-electron chi connectivity index (χ2n) is 5.75. The minimum Gasteiger partial charge on any atom is -0.478 e. The van der Waals surface area contributed by atoms with Crippen LogP contribution in [0.2, 0.25) is 0 Å². The van der Waals surface area contributed by atoms with E-state index in [4.69, 9.17) is 5.11 Å². The lowest BCUT2D eigenvalue weighted by Gasteiger charge is -2.16. The van der Waals surface area contributed by atoms with E-state index < -0.39 is 5.97 Å². The predicted molar refractivity (Wildman–Crippen MR) is 83.0 cm³/mol. The number of amides is 1. The molecule has 0 saturated heterocycles. The van der Waals surface area contributed by atoms with Gasteiger partial charge in [0.1, 0.15) is 0 Å². The fraction of sp³-hybridized carbons (Fsp3) is 0.412. The molecule has 1 fully saturated rings. The number of rotatable bonds is 4. The van der Waals surface area contributed by atoms with Crippen LogP contribution in [-0.2, 0) is 9.59 Å². The Morgan fingerprint density at radius 2 is 2.10 bits per heavy atom. The van der Waals surface area contributed by atoms with Crippen LogP contribution in [0.5, 0.6) is 0 Å². The van der Waals surface area contributed by atoms with Crippen LogP contribution in [0.1, 0.15) is 37.3 Å². The van der Waals surface area contributed by atoms with Gasteiger partial charge in [0, 0.05) is 17.7 Å². The summed E-state index contributed by atoms with van der Waals surface area (Å²) in [6.45, 7) is 4.04. The summed E-state index contributed by atoms with van der Waals surface area (Å²) in [5, 5.41) is 11.6. The van der Waals surface area contributed by atoms with Gasteiger partial charge in [-0.3, -0.25) is 4.79 Å². The van der Waals surface area contributed by atoms with Gasteiger partial charge in [-0.2, -0.15) is 0 Å². The highest BCUT2D eigenvalue weighted by molar-refractivity contribution is 5.94. The van der Waals surface area contributed by atoms with Gasteiger partial charge in [-0.15, -0.1) is 0 Å². The van der Waals surface area contributed by atoms with Gasteiger partial charge in [-0.1, -0.05) is 19.4 Å². The maximum absolute atomic E-state index is 12.3. The zero-order valence-electron chi connectivity index (χ0n) is 12.4. The molecule has 0 aromatic heterocycles. The predicted octanol–water partition coefficient (Wildman–Crippen LogP) is 3.47. The van der Waals surface area contributed by atoms with E-state index in [1.807, 2.05) is 19.1 Å². The van der Waals surface area contributed by atoms with Crippen molar-refractivity contribution in [2.75, 3.05) is 5.32 Å². The minimum absolute atomic E-state index is 0.0944. The van der Waals surface area contributed by atoms with Crippen molar-refractivity contribution in [3.8, 4) is 0 Å². The third-order valence-electron chi connectivity index (χ3n) is 4.12. The summed E-state index contributed by atoms with van der Waals surface area (Å²) in [4.78, 5) is 22.8. The molecule has 1 amide bonds. The SMILES string of the molecule is Cc1cc(/C=C/C(=O)O)ccc1NC(=O)C1CCCC1C. The number of aryl methyl sites for hydroxylation is 1. The van der Waals surface area contributed by atoms with Gasteiger partial charge < -0.3 is 10.4 Å². The van der Waals surface area contributed by atoms with E-state index in [9.17, 15) is 9.59 Å². The highest BCUT2D eigenvalue weighted by atomic mass is 16.4. The average Bonchev–Trinajstić information content (AvgIpc) is 2.85. The van der Waals surface area contributed by atoms with Gasteiger partial charge in [-0.25, -0.2) is 4.79 Å². The Hall–Kier alpha value is -2.10. The van der Waals surface area contributed by atoms with E-state index in [1.165, 1.54) is 0 Å². The molecule has 2 atom stereocenters. The van der Waals surface area contributed by atoms with E-state index >= 15 is 0 Å². The summed E-state index contributed by atoms with van der Waals surface area (Å²) >= 11 is 0. The molecular weight excluding hydrogens is 266 g/mol. The molecular formula is C17H21NO3. The van der Waals surface area contributed by atoms with Crippen LogP contribution in [0.15, 0.2) is 24.3 Å². The van der Waals surface area contributed by atoms with Crippen LogP contribution in [0.25, 0.3) is 6.08 Å². The lowest BCUT2D eigenvalue weighted by atomic mass is 9.97. The number of carbonyl (C=O) groups excluding carboxylic acids is 1. The van der Waals surface area contributed by atoms with Crippen molar-refractivity contribution in [2.24, 2.45) is 11.8 Å². The smallest absolute Gasteiger partial charge is 0.328 e. The number of carboxylic acid groups (broad SMARTS) is 1. The second kappa shape index (κ2) is 6.57. The fourth-order valence-electron chi connectivity index (χ4n) is 2.86. The van der Waals surface area contributed by atoms with Gasteiger partial charge in [0.2, 0.25) is 5.91 Å². The van der Waals surface area contributed by atoms with Crippen molar-refractivity contribution < 1.29 is 14.7 Å². The topological polar surface area (TPSA) is 66.4 Å². The Morgan fingerprint density at radius 3 is 2.67 bits per heavy atom. The highest BCUT2D eigenvalue weighted by Gasteiger charge is 2.29. The van der Waals surface area contributed by atoms with Crippen LogP contribution >= 0.6 is 0 Å². The lowest BCUT2D eigenvalue weighted by molar-refractivity contribution is -0.131. The Kier molecular flexibility index (Phi) is 4.78. The third kappa shape index (κ3) is 3.94. The monoisotopic (exact) mass is 287 g/mol. The molecule has 1 saturated carbocycles. The van der Waals surface area contributed by atoms with Crippen LogP contribution < -0.4 is 5.32 Å². The van der Waals surface area contributed by atoms with Crippen molar-refractivity contribution >= 4 is 23.6 Å². The standard InChI is InChI=1S/C17H21NO3/c1-11-4-3-5-14(11)17(21)18-15-8-6-13(10-12(15)2)7-9-16(19)20/h6-11,14H,3-5H2,1-2H3,(H,18,21)(H,19,20)/b9-7+. The molecule has 0 bridgehead atoms. The average molecular weight is 287 g/mol. The number of carboxylic acids is 1. The van der Waals surface area contributed by atoms with Crippen molar-refractivity contribution in [2.45, 2.75) is 33.1 Å². The molecule has 2 rings (SSSR count). The Balaban J connectivity index is 2.07. The molecule has 1 aliphatic carbocycles. The summed E-state index contributed by atoms with van der Waals surface area (Å²) in [6.07, 6.45) is 5.85. The molecule has 112 valence electrons. The van der Waals surface area contributed by atoms with Crippen molar-refractivity contribution in [3.63, 3.8) is 0 Å². The maximum atomic E-state index is 12.3. The van der Waals surface area contributed by atoms with Crippen molar-refractivity contribution in [1.29, 1.82) is 0 Å². The van der Waals surface area contributed by atoms with Crippen molar-refractivity contribution in [3.05, 3.63) is 35.4 Å². The van der Waals surface area contributed by atoms with Gasteiger partial charge >= 0.3 is 5.97 Å². The molecule has 4 nitrogen and oxygen atoms in total. The first kappa shape index (κ1) is 15.3. The molecule has 1 aliphatic rings. The van der Waals surface area contributed by atoms with Crippen LogP contribution in [0.4, 0.5) is 5.69 Å². The van der Waals surface area contributed by atoms with E-state index in [2.05, 4.69) is 12.2 Å². The molecule has 0 spiro atoms. The van der Waals surface area contributed by atoms with Crippen molar-refractivity contribution in [1.82, 2.24) is 0 Å². The number of benzene rings is 1. The molecule has 2 unspecified atom stereocenters. The number of anilines is 1. The fourth-order valence-corrected chi connectivity index (χ4v) is 2.86. The molecule has 4 heteroatoms. The third-order valence-corrected chi connectivity index (χ3v) is 4.12. The summed E-state index contributed by atoms with van der Waals surface area (Å²) in [7, 11) is 0. The lowest BCUT2D eigenvalue weighted by Crippen LogP contribution is -2.24. The Labute approximate surface area is 124 Å². The normalized spacial score (nSPS) is 21.6. The second-order valence-corrected chi connectivity index (χ2v) is 5.75. The van der Waals surface area contributed by atoms with Crippen LogP contribution in [0.3, 0.4) is 0 Å². The van der Waals surface area contributed by atoms with Gasteiger partial charge in [0.15, 0.2) is 0 Å². The van der Waals surface area contributed by atoms with Gasteiger partial charge in [-0.05, 0) is 55.0 Å². The first-order chi connectivity index (χ1) is 9.97. The molecule has 21 heavy (non-hydrogen) atoms. The summed E-state index contributed by atoms with van der Waals surface area (Å²) in [5.74, 6) is -0.323. The zero-order valence-corrected chi connectivity index (χ0v) is 12.4. The number of carbonyl (C=O) groups is 2. The highest BCUT2D eigenvalue weighted by Crippen LogP contribution is 2.32. The van der Waals surface area contributed by atoms with Gasteiger partial charge in [0.05, 0.1) is 0 Å². The summed E-state index contributed by atoms with van der Waals surface area (Å²) < 4.78 is 0. The van der Waals surface area contributed by atoms with E-state index in [0.717, 1.165) is 42.2 Å². The molecule has 2 N–H and O–H groups in total. The van der Waals surface area contributed by atoms with Crippen LogP contribution in [0, 0.1) is 18.8 Å². The molecule has 0 aliphatic heterocycles. The minimum atomic E-state index is -0.972. The van der Waals surface area contributed by atoms with Crippen LogP contribution in [-0.4, -0.2) is 17.0 Å². The zero-order chi connectivity index (χ0) is 15.4. The summed E-state index contributed by atoms with van der Waals surface area (Å²) in [5.41, 5.74) is 2.54. The van der Waals surface area contributed by atoms with E-state index in [0.29, 0.717) is 5.92 Å². The quantitative estimate of drug-likeness (QED) is 0.833. The Bertz CT molecular complexity index is 577. The van der Waals surface area contributed by atoms with E-state index in [1.54, 1.807) is 12.1 Å². The Morgan fingerprint density at radius 1 is 1.33 bits per heavy atom. The van der Waals surface area contributed by atoms with Gasteiger partial charge in [0.25, 0.3) is 0 Å². The first-order valence-corrected chi connectivity index (χ1v) is 7.30. The number of aliphatic carboxylic acids is 1. The first-order valence-electron chi connectivity index (χ1n) is 7.30. The molecule has 0 radical (unpaired) electrons. The molecule has 1 aromatic rings. The number of nitrogens with one attached hydrogen (secondary N) is 1. The number of hydrogen-bond acceptors (Lipinski definition) is 2. The number of hydrogen-bond donors (Lipinski definition) is 2. The van der Waals surface area contributed by atoms with E-state index in [-0.39, 0.29) is 11.8 Å². The largest absolute Gasteiger partial charge is 0.478 e. The molecule has 1 aromatic carbocycles. The molecule has 0 heterocycles. The summed E-state index contributed by atoms with van der Waals surface area (Å²) in [6, 6.07) is 5.50.